The van der Waals surface area contributed by atoms with Crippen LogP contribution >= 0.6 is 0 Å². The van der Waals surface area contributed by atoms with Gasteiger partial charge in [-0.3, -0.25) is 9.69 Å². The van der Waals surface area contributed by atoms with Gasteiger partial charge in [0.1, 0.15) is 11.9 Å². The van der Waals surface area contributed by atoms with Crippen LogP contribution in [-0.2, 0) is 17.8 Å². The second-order valence-corrected chi connectivity index (χ2v) is 9.96. The van der Waals surface area contributed by atoms with Crippen molar-refractivity contribution in [2.75, 3.05) is 52.5 Å². The third-order valence-electron chi connectivity index (χ3n) is 6.80. The zero-order valence-electron chi connectivity index (χ0n) is 21.4. The predicted octanol–water partition coefficient (Wildman–Crippen LogP) is 2.76. The number of nitrogens with zero attached hydrogens (tertiary/aromatic N) is 3. The molecule has 0 fully saturated rings. The second-order valence-electron chi connectivity index (χ2n) is 9.96. The Morgan fingerprint density at radius 3 is 2.57 bits per heavy atom. The van der Waals surface area contributed by atoms with Crippen molar-refractivity contribution in [1.82, 2.24) is 9.80 Å². The topological polar surface area (TPSA) is 74.7 Å². The van der Waals surface area contributed by atoms with Gasteiger partial charge in [-0.1, -0.05) is 13.0 Å². The minimum absolute atomic E-state index is 0.00789. The third kappa shape index (κ3) is 5.82. The summed E-state index contributed by atoms with van der Waals surface area (Å²) in [5, 5.41) is 9.82. The van der Waals surface area contributed by atoms with Crippen molar-refractivity contribution in [3.05, 3.63) is 47.5 Å². The summed E-state index contributed by atoms with van der Waals surface area (Å²) in [6.45, 7) is 6.13. The molecular formula is C27H37N3O5. The maximum atomic E-state index is 13.3. The molecule has 0 bridgehead atoms. The van der Waals surface area contributed by atoms with E-state index in [4.69, 9.17) is 14.2 Å². The Kier molecular flexibility index (Phi) is 7.72. The average Bonchev–Trinajstić information content (AvgIpc) is 3.30. The van der Waals surface area contributed by atoms with E-state index < -0.39 is 0 Å². The number of amides is 1. The van der Waals surface area contributed by atoms with Crippen molar-refractivity contribution in [3.63, 3.8) is 0 Å². The minimum Gasteiger partial charge on any atom is -0.488 e. The molecule has 35 heavy (non-hydrogen) atoms. The lowest BCUT2D eigenvalue weighted by Gasteiger charge is -2.34. The molecule has 0 radical (unpaired) electrons. The number of ether oxygens (including phenoxy) is 3. The first-order valence-corrected chi connectivity index (χ1v) is 12.2. The lowest BCUT2D eigenvalue weighted by atomic mass is 10.0. The molecule has 0 saturated heterocycles. The predicted molar refractivity (Wildman–Crippen MR) is 135 cm³/mol. The maximum Gasteiger partial charge on any atom is 0.231 e. The van der Waals surface area contributed by atoms with E-state index in [1.54, 1.807) is 4.90 Å². The van der Waals surface area contributed by atoms with E-state index in [2.05, 4.69) is 24.9 Å². The zero-order valence-corrected chi connectivity index (χ0v) is 21.4. The average molecular weight is 484 g/mol. The molecule has 0 aromatic heterocycles. The molecule has 0 aliphatic carbocycles. The smallest absolute Gasteiger partial charge is 0.231 e. The number of aliphatic hydroxyl groups excluding tert-OH is 1. The van der Waals surface area contributed by atoms with Crippen LogP contribution in [0.3, 0.4) is 0 Å². The summed E-state index contributed by atoms with van der Waals surface area (Å²) in [6.07, 6.45) is 0.102. The van der Waals surface area contributed by atoms with Gasteiger partial charge in [0.25, 0.3) is 0 Å². The van der Waals surface area contributed by atoms with Crippen molar-refractivity contribution >= 4 is 11.6 Å². The first kappa shape index (κ1) is 25.1. The Morgan fingerprint density at radius 2 is 1.83 bits per heavy atom. The number of rotatable bonds is 7. The van der Waals surface area contributed by atoms with Crippen LogP contribution in [-0.4, -0.2) is 80.6 Å². The molecule has 3 atom stereocenters. The highest BCUT2D eigenvalue weighted by molar-refractivity contribution is 5.80. The summed E-state index contributed by atoms with van der Waals surface area (Å²) in [5.74, 6) is 2.37. The Balaban J connectivity index is 1.57. The van der Waals surface area contributed by atoms with Crippen molar-refractivity contribution in [3.8, 4) is 17.2 Å². The molecule has 4 rings (SSSR count). The van der Waals surface area contributed by atoms with Crippen LogP contribution in [0.15, 0.2) is 36.4 Å². The summed E-state index contributed by atoms with van der Waals surface area (Å²) in [4.78, 5) is 19.3. The molecule has 2 aliphatic heterocycles. The van der Waals surface area contributed by atoms with Gasteiger partial charge < -0.3 is 29.1 Å². The SMILES string of the molecule is C[C@H]1CN([C@@H](C)CO)C(=O)Cc2cc(N(C)C)ccc2O[C@H]1CN(C)Cc1ccc2c(c1)OCO2. The largest absolute Gasteiger partial charge is 0.488 e. The summed E-state index contributed by atoms with van der Waals surface area (Å²) >= 11 is 0. The number of carbonyl (C=O) groups excluding carboxylic acids is 1. The molecule has 8 heteroatoms. The number of hydrogen-bond donors (Lipinski definition) is 1. The highest BCUT2D eigenvalue weighted by atomic mass is 16.7. The summed E-state index contributed by atoms with van der Waals surface area (Å²) in [6, 6.07) is 11.8. The Labute approximate surface area is 208 Å². The van der Waals surface area contributed by atoms with Crippen LogP contribution in [0.25, 0.3) is 0 Å². The van der Waals surface area contributed by atoms with E-state index >= 15 is 0 Å². The molecule has 0 saturated carbocycles. The maximum absolute atomic E-state index is 13.3. The quantitative estimate of drug-likeness (QED) is 0.649. The van der Waals surface area contributed by atoms with Gasteiger partial charge in [-0.2, -0.15) is 0 Å². The molecule has 1 amide bonds. The monoisotopic (exact) mass is 483 g/mol. The van der Waals surface area contributed by atoms with Gasteiger partial charge in [0, 0.05) is 50.9 Å². The fourth-order valence-corrected chi connectivity index (χ4v) is 4.63. The van der Waals surface area contributed by atoms with E-state index in [0.717, 1.165) is 40.6 Å². The summed E-state index contributed by atoms with van der Waals surface area (Å²) in [5.41, 5.74) is 3.02. The van der Waals surface area contributed by atoms with Gasteiger partial charge in [-0.25, -0.2) is 0 Å². The first-order chi connectivity index (χ1) is 16.7. The molecule has 2 aliphatic rings. The van der Waals surface area contributed by atoms with Crippen LogP contribution in [0, 0.1) is 5.92 Å². The molecule has 0 spiro atoms. The van der Waals surface area contributed by atoms with Gasteiger partial charge in [0.15, 0.2) is 11.5 Å². The molecule has 2 aromatic carbocycles. The highest BCUT2D eigenvalue weighted by Gasteiger charge is 2.31. The van der Waals surface area contributed by atoms with Crippen LogP contribution in [0.4, 0.5) is 5.69 Å². The van der Waals surface area contributed by atoms with Gasteiger partial charge >= 0.3 is 0 Å². The summed E-state index contributed by atoms with van der Waals surface area (Å²) in [7, 11) is 6.04. The molecular weight excluding hydrogens is 446 g/mol. The molecule has 190 valence electrons. The number of anilines is 1. The number of aliphatic hydroxyl groups is 1. The van der Waals surface area contributed by atoms with E-state index in [-0.39, 0.29) is 43.8 Å². The zero-order chi connectivity index (χ0) is 25.1. The fraction of sp³-hybridized carbons (Fsp3) is 0.519. The molecule has 2 aromatic rings. The number of fused-ring (bicyclic) bond motifs is 2. The Hall–Kier alpha value is -2.97. The Bertz CT molecular complexity index is 1040. The van der Waals surface area contributed by atoms with Crippen LogP contribution < -0.4 is 19.1 Å². The summed E-state index contributed by atoms with van der Waals surface area (Å²) < 4.78 is 17.6. The number of hydrogen-bond acceptors (Lipinski definition) is 7. The molecule has 2 heterocycles. The van der Waals surface area contributed by atoms with Crippen LogP contribution in [0.2, 0.25) is 0 Å². The van der Waals surface area contributed by atoms with Crippen molar-refractivity contribution in [1.29, 1.82) is 0 Å². The molecule has 0 unspecified atom stereocenters. The standard InChI is InChI=1S/C27H37N3O5/c1-18-13-30(19(2)16-31)27(32)12-21-11-22(28(3)4)7-9-23(21)35-26(18)15-29(5)14-20-6-8-24-25(10-20)34-17-33-24/h6-11,18-19,26,31H,12-17H2,1-5H3/t18-,19-,26-/m0/s1. The van der Waals surface area contributed by atoms with E-state index in [1.807, 2.05) is 56.3 Å². The minimum atomic E-state index is -0.254. The lowest BCUT2D eigenvalue weighted by molar-refractivity contribution is -0.134. The van der Waals surface area contributed by atoms with Crippen LogP contribution in [0.5, 0.6) is 17.2 Å². The number of carbonyl (C=O) groups is 1. The van der Waals surface area contributed by atoms with E-state index in [0.29, 0.717) is 13.1 Å². The van der Waals surface area contributed by atoms with E-state index in [9.17, 15) is 9.90 Å². The number of likely N-dealkylation sites (N-methyl/N-ethyl adjacent to an activating group) is 1. The van der Waals surface area contributed by atoms with Gasteiger partial charge in [0.05, 0.1) is 19.1 Å². The highest BCUT2D eigenvalue weighted by Crippen LogP contribution is 2.33. The first-order valence-electron chi connectivity index (χ1n) is 12.2. The van der Waals surface area contributed by atoms with Crippen molar-refractivity contribution in [2.45, 2.75) is 39.0 Å². The lowest BCUT2D eigenvalue weighted by Crippen LogP contribution is -2.47. The van der Waals surface area contributed by atoms with Crippen molar-refractivity contribution < 1.29 is 24.1 Å². The van der Waals surface area contributed by atoms with Crippen molar-refractivity contribution in [2.24, 2.45) is 5.92 Å². The molecule has 1 N–H and O–H groups in total. The number of benzene rings is 2. The molecule has 8 nitrogen and oxygen atoms in total. The third-order valence-corrected chi connectivity index (χ3v) is 6.80. The van der Waals surface area contributed by atoms with Gasteiger partial charge in [0.2, 0.25) is 12.7 Å². The second kappa shape index (κ2) is 10.7. The Morgan fingerprint density at radius 1 is 1.09 bits per heavy atom. The van der Waals surface area contributed by atoms with Gasteiger partial charge in [-0.15, -0.1) is 0 Å². The van der Waals surface area contributed by atoms with Gasteiger partial charge in [-0.05, 0) is 49.9 Å². The van der Waals surface area contributed by atoms with Crippen LogP contribution in [0.1, 0.15) is 25.0 Å². The normalized spacial score (nSPS) is 20.5. The fourth-order valence-electron chi connectivity index (χ4n) is 4.63. The van der Waals surface area contributed by atoms with E-state index in [1.165, 1.54) is 0 Å².